The number of carbonyl (C=O) groups excluding carboxylic acids is 1. The Morgan fingerprint density at radius 2 is 1.90 bits per heavy atom. The SMILES string of the molecule is C=CCn1c(SCC(=O)NCc2ccc(Cl)cc2)nnc1-c1ccc(OC)c(OC)c1. The van der Waals surface area contributed by atoms with Gasteiger partial charge in [0.05, 0.1) is 20.0 Å². The Morgan fingerprint density at radius 1 is 1.16 bits per heavy atom. The molecular formula is C22H23ClN4O3S. The summed E-state index contributed by atoms with van der Waals surface area (Å²) >= 11 is 7.20. The van der Waals surface area contributed by atoms with Crippen molar-refractivity contribution in [3.63, 3.8) is 0 Å². The first kappa shape index (κ1) is 22.7. The standard InChI is InChI=1S/C22H23ClN4O3S/c1-4-11-27-21(16-7-10-18(29-2)19(12-16)30-3)25-26-22(27)31-14-20(28)24-13-15-5-8-17(23)9-6-15/h4-10,12H,1,11,13-14H2,2-3H3,(H,24,28). The molecule has 0 saturated heterocycles. The van der Waals surface area contributed by atoms with Crippen LogP contribution in [0.1, 0.15) is 5.56 Å². The molecule has 0 radical (unpaired) electrons. The van der Waals surface area contributed by atoms with Crippen molar-refractivity contribution < 1.29 is 14.3 Å². The van der Waals surface area contributed by atoms with Gasteiger partial charge in [0.15, 0.2) is 22.5 Å². The quantitative estimate of drug-likeness (QED) is 0.362. The molecule has 1 aromatic heterocycles. The predicted molar refractivity (Wildman–Crippen MR) is 123 cm³/mol. The first-order valence-corrected chi connectivity index (χ1v) is 10.8. The summed E-state index contributed by atoms with van der Waals surface area (Å²) in [5, 5.41) is 12.8. The van der Waals surface area contributed by atoms with Gasteiger partial charge in [-0.05, 0) is 35.9 Å². The van der Waals surface area contributed by atoms with Gasteiger partial charge in [-0.2, -0.15) is 0 Å². The van der Waals surface area contributed by atoms with Crippen LogP contribution in [0.5, 0.6) is 11.5 Å². The largest absolute Gasteiger partial charge is 0.493 e. The van der Waals surface area contributed by atoms with E-state index >= 15 is 0 Å². The number of aromatic nitrogens is 3. The van der Waals surface area contributed by atoms with Crippen molar-refractivity contribution in [3.05, 3.63) is 65.7 Å². The molecule has 0 atom stereocenters. The van der Waals surface area contributed by atoms with E-state index in [-0.39, 0.29) is 11.7 Å². The van der Waals surface area contributed by atoms with Gasteiger partial charge in [0, 0.05) is 23.7 Å². The van der Waals surface area contributed by atoms with E-state index in [1.165, 1.54) is 11.8 Å². The molecule has 0 unspecified atom stereocenters. The highest BCUT2D eigenvalue weighted by Gasteiger charge is 2.16. The van der Waals surface area contributed by atoms with Crippen LogP contribution in [0.2, 0.25) is 5.02 Å². The molecule has 1 amide bonds. The number of benzene rings is 2. The van der Waals surface area contributed by atoms with Crippen molar-refractivity contribution in [2.24, 2.45) is 0 Å². The van der Waals surface area contributed by atoms with E-state index in [4.69, 9.17) is 21.1 Å². The van der Waals surface area contributed by atoms with Crippen molar-refractivity contribution in [2.75, 3.05) is 20.0 Å². The molecule has 0 aliphatic heterocycles. The van der Waals surface area contributed by atoms with Crippen LogP contribution in [-0.2, 0) is 17.9 Å². The number of ether oxygens (including phenoxy) is 2. The molecule has 0 saturated carbocycles. The van der Waals surface area contributed by atoms with E-state index in [2.05, 4.69) is 22.1 Å². The van der Waals surface area contributed by atoms with Crippen molar-refractivity contribution in [1.82, 2.24) is 20.1 Å². The monoisotopic (exact) mass is 458 g/mol. The van der Waals surface area contributed by atoms with E-state index in [1.54, 1.807) is 32.4 Å². The number of halogens is 1. The number of thioether (sulfide) groups is 1. The van der Waals surface area contributed by atoms with Crippen molar-refractivity contribution in [2.45, 2.75) is 18.2 Å². The van der Waals surface area contributed by atoms with Gasteiger partial charge in [-0.3, -0.25) is 9.36 Å². The number of allylic oxidation sites excluding steroid dienone is 1. The maximum absolute atomic E-state index is 12.3. The third-order valence-electron chi connectivity index (χ3n) is 4.41. The summed E-state index contributed by atoms with van der Waals surface area (Å²) in [6, 6.07) is 12.9. The number of nitrogens with one attached hydrogen (secondary N) is 1. The second kappa shape index (κ2) is 10.9. The van der Waals surface area contributed by atoms with Crippen LogP contribution in [-0.4, -0.2) is 40.6 Å². The third kappa shape index (κ3) is 5.80. The maximum Gasteiger partial charge on any atom is 0.230 e. The predicted octanol–water partition coefficient (Wildman–Crippen LogP) is 4.21. The van der Waals surface area contributed by atoms with Gasteiger partial charge in [-0.15, -0.1) is 16.8 Å². The summed E-state index contributed by atoms with van der Waals surface area (Å²) in [6.07, 6.45) is 1.76. The van der Waals surface area contributed by atoms with Gasteiger partial charge in [-0.25, -0.2) is 0 Å². The molecule has 0 aliphatic carbocycles. The molecule has 162 valence electrons. The van der Waals surface area contributed by atoms with Crippen molar-refractivity contribution in [3.8, 4) is 22.9 Å². The van der Waals surface area contributed by atoms with Gasteiger partial charge >= 0.3 is 0 Å². The highest BCUT2D eigenvalue weighted by atomic mass is 35.5. The number of methoxy groups -OCH3 is 2. The van der Waals surface area contributed by atoms with Crippen LogP contribution < -0.4 is 14.8 Å². The van der Waals surface area contributed by atoms with Crippen molar-refractivity contribution >= 4 is 29.3 Å². The number of rotatable bonds is 10. The number of carbonyl (C=O) groups is 1. The molecule has 0 fully saturated rings. The molecule has 2 aromatic carbocycles. The average Bonchev–Trinajstić information content (AvgIpc) is 3.19. The van der Waals surface area contributed by atoms with E-state index in [0.717, 1.165) is 11.1 Å². The summed E-state index contributed by atoms with van der Waals surface area (Å²) in [4.78, 5) is 12.3. The fourth-order valence-electron chi connectivity index (χ4n) is 2.86. The topological polar surface area (TPSA) is 78.3 Å². The summed E-state index contributed by atoms with van der Waals surface area (Å²) in [5.74, 6) is 2.01. The molecule has 9 heteroatoms. The first-order chi connectivity index (χ1) is 15.0. The van der Waals surface area contributed by atoms with Crippen LogP contribution >= 0.6 is 23.4 Å². The normalized spacial score (nSPS) is 10.5. The molecule has 0 bridgehead atoms. The smallest absolute Gasteiger partial charge is 0.230 e. The van der Waals surface area contributed by atoms with Crippen molar-refractivity contribution in [1.29, 1.82) is 0 Å². The Balaban J connectivity index is 1.69. The van der Waals surface area contributed by atoms with Crippen LogP contribution in [0.15, 0.2) is 60.3 Å². The lowest BCUT2D eigenvalue weighted by Gasteiger charge is -2.11. The second-order valence-electron chi connectivity index (χ2n) is 6.47. The number of hydrogen-bond acceptors (Lipinski definition) is 6. The number of hydrogen-bond donors (Lipinski definition) is 1. The fraction of sp³-hybridized carbons (Fsp3) is 0.227. The van der Waals surface area contributed by atoms with E-state index < -0.39 is 0 Å². The molecule has 0 spiro atoms. The zero-order chi connectivity index (χ0) is 22.2. The van der Waals surface area contributed by atoms with Crippen LogP contribution in [0.25, 0.3) is 11.4 Å². The zero-order valence-electron chi connectivity index (χ0n) is 17.3. The molecule has 1 N–H and O–H groups in total. The van der Waals surface area contributed by atoms with Gasteiger partial charge < -0.3 is 14.8 Å². The molecule has 3 aromatic rings. The Hall–Kier alpha value is -2.97. The lowest BCUT2D eigenvalue weighted by molar-refractivity contribution is -0.118. The Morgan fingerprint density at radius 3 is 2.58 bits per heavy atom. The van der Waals surface area contributed by atoms with Crippen LogP contribution in [0.3, 0.4) is 0 Å². The molecule has 1 heterocycles. The van der Waals surface area contributed by atoms with E-state index in [1.807, 2.05) is 34.9 Å². The molecule has 3 rings (SSSR count). The second-order valence-corrected chi connectivity index (χ2v) is 7.85. The van der Waals surface area contributed by atoms with E-state index in [0.29, 0.717) is 40.6 Å². The average molecular weight is 459 g/mol. The molecule has 7 nitrogen and oxygen atoms in total. The highest BCUT2D eigenvalue weighted by Crippen LogP contribution is 2.32. The molecular weight excluding hydrogens is 436 g/mol. The first-order valence-electron chi connectivity index (χ1n) is 9.46. The fourth-order valence-corrected chi connectivity index (χ4v) is 3.77. The minimum absolute atomic E-state index is 0.0965. The maximum atomic E-state index is 12.3. The van der Waals surface area contributed by atoms with E-state index in [9.17, 15) is 4.79 Å². The van der Waals surface area contributed by atoms with Gasteiger partial charge in [0.25, 0.3) is 0 Å². The lowest BCUT2D eigenvalue weighted by Crippen LogP contribution is -2.24. The number of nitrogens with zero attached hydrogens (tertiary/aromatic N) is 3. The van der Waals surface area contributed by atoms with Crippen LogP contribution in [0, 0.1) is 0 Å². The van der Waals surface area contributed by atoms with Gasteiger partial charge in [0.1, 0.15) is 0 Å². The van der Waals surface area contributed by atoms with Crippen LogP contribution in [0.4, 0.5) is 0 Å². The summed E-state index contributed by atoms with van der Waals surface area (Å²) < 4.78 is 12.6. The van der Waals surface area contributed by atoms with Gasteiger partial charge in [-0.1, -0.05) is 41.6 Å². The number of amides is 1. The minimum atomic E-state index is -0.0965. The molecule has 0 aliphatic rings. The minimum Gasteiger partial charge on any atom is -0.493 e. The Bertz CT molecular complexity index is 1050. The summed E-state index contributed by atoms with van der Waals surface area (Å²) in [6.45, 7) is 4.76. The Labute approximate surface area is 190 Å². The lowest BCUT2D eigenvalue weighted by atomic mass is 10.2. The summed E-state index contributed by atoms with van der Waals surface area (Å²) in [7, 11) is 3.17. The summed E-state index contributed by atoms with van der Waals surface area (Å²) in [5.41, 5.74) is 1.80. The zero-order valence-corrected chi connectivity index (χ0v) is 18.9. The molecule has 31 heavy (non-hydrogen) atoms. The van der Waals surface area contributed by atoms with Gasteiger partial charge in [0.2, 0.25) is 5.91 Å². The highest BCUT2D eigenvalue weighted by molar-refractivity contribution is 7.99. The Kier molecular flexibility index (Phi) is 7.97. The third-order valence-corrected chi connectivity index (χ3v) is 5.62.